The molecule has 7 atom stereocenters. The van der Waals surface area contributed by atoms with Crippen molar-refractivity contribution in [1.29, 1.82) is 0 Å². The van der Waals surface area contributed by atoms with E-state index in [0.717, 1.165) is 0 Å². The minimum Gasteiger partial charge on any atom is -0.756 e. The van der Waals surface area contributed by atoms with Gasteiger partial charge in [-0.05, 0) is 12.1 Å². The second-order valence-electron chi connectivity index (χ2n) is 7.65. The van der Waals surface area contributed by atoms with Crippen molar-refractivity contribution in [2.24, 2.45) is 0 Å². The number of nitrogens with two attached hydrogens (primary N) is 1. The number of furan rings is 1. The molecule has 3 aromatic rings. The monoisotopic (exact) mass is 652 g/mol. The zero-order valence-electron chi connectivity index (χ0n) is 21.2. The van der Waals surface area contributed by atoms with Crippen molar-refractivity contribution < 1.29 is 154 Å². The predicted octanol–water partition coefficient (Wildman–Crippen LogP) is -10.8. The second-order valence-corrected chi connectivity index (χ2v) is 11.9. The van der Waals surface area contributed by atoms with Crippen LogP contribution in [0.5, 0.6) is 0 Å². The van der Waals surface area contributed by atoms with E-state index in [1.54, 1.807) is 18.3 Å². The third-order valence-corrected chi connectivity index (χ3v) is 8.80. The number of hydrogen-bond donors (Lipinski definition) is 4. The number of fused-ring (bicyclic) bond motifs is 1. The van der Waals surface area contributed by atoms with E-state index in [0.29, 0.717) is 22.4 Å². The van der Waals surface area contributed by atoms with Gasteiger partial charge in [-0.1, -0.05) is 0 Å². The molecule has 4 rings (SSSR count). The zero-order chi connectivity index (χ0) is 27.2. The predicted molar refractivity (Wildman–Crippen MR) is 113 cm³/mol. The maximum absolute atomic E-state index is 11.8. The van der Waals surface area contributed by atoms with Gasteiger partial charge in [-0.25, -0.2) is 18.6 Å². The molecule has 0 spiro atoms. The Morgan fingerprint density at radius 1 is 1.02 bits per heavy atom. The summed E-state index contributed by atoms with van der Waals surface area (Å²) in [7, 11) is -17.8. The Labute approximate surface area is 291 Å². The minimum atomic E-state index is -6.09. The molecule has 0 amide bonds. The summed E-state index contributed by atoms with van der Waals surface area (Å²) in [6.07, 6.45) is -1.62. The molecule has 24 heteroatoms. The first kappa shape index (κ1) is 39.0. The van der Waals surface area contributed by atoms with E-state index in [1.165, 1.54) is 17.2 Å². The van der Waals surface area contributed by atoms with Crippen LogP contribution < -0.4 is 109 Å². The van der Waals surface area contributed by atoms with E-state index in [4.69, 9.17) is 19.8 Å². The van der Waals surface area contributed by atoms with Crippen molar-refractivity contribution in [3.05, 3.63) is 30.9 Å². The Bertz CT molecular complexity index is 1420. The van der Waals surface area contributed by atoms with E-state index in [2.05, 4.69) is 23.1 Å². The quantitative estimate of drug-likeness (QED) is 0.117. The minimum absolute atomic E-state index is 0. The van der Waals surface area contributed by atoms with Crippen molar-refractivity contribution >= 4 is 40.3 Å². The Balaban J connectivity index is 0.00000267. The summed E-state index contributed by atoms with van der Waals surface area (Å²) in [6, 6.07) is 3.33. The number of nitrogens with zero attached hydrogens (tertiary/aromatic N) is 3. The van der Waals surface area contributed by atoms with Crippen LogP contribution >= 0.6 is 23.5 Å². The summed E-state index contributed by atoms with van der Waals surface area (Å²) < 4.78 is 57.0. The maximum Gasteiger partial charge on any atom is 1.00 e. The van der Waals surface area contributed by atoms with Gasteiger partial charge in [0.1, 0.15) is 48.0 Å². The summed E-state index contributed by atoms with van der Waals surface area (Å²) in [6.45, 7) is -1.16. The summed E-state index contributed by atoms with van der Waals surface area (Å²) in [5, 5.41) is 21.2. The Hall–Kier alpha value is 0.990. The standard InChI is InChI=1S/C16H21N4O14P3.3Na/c17-15-12-8(9-2-1-3-30-9)4-20(16(12)19-7-18-15)5-10-13(21)14(22)11(32-10)6-31-36(26,27)34-37(28,29)33-35(23,24)25;;;/h1-4,7,10-11,13-14,21-22H,5-6H2,(H,26,27)(H,28,29)(H2,17,18,19)(H2,23,24,25);;;/q;3*+1/p-3/t10-,11+,13+,14?;;;/m0.../s1. The van der Waals surface area contributed by atoms with Crippen LogP contribution in [-0.4, -0.2) is 60.7 Å². The molecule has 40 heavy (non-hydrogen) atoms. The van der Waals surface area contributed by atoms with Crippen LogP contribution in [0.15, 0.2) is 35.3 Å². The van der Waals surface area contributed by atoms with E-state index < -0.39 is 54.5 Å². The summed E-state index contributed by atoms with van der Waals surface area (Å²) >= 11 is 0. The average molecular weight is 652 g/mol. The van der Waals surface area contributed by atoms with Gasteiger partial charge >= 0.3 is 88.7 Å². The van der Waals surface area contributed by atoms with Gasteiger partial charge in [0, 0.05) is 11.8 Å². The number of aromatic nitrogens is 3. The normalized spacial score (nSPS) is 25.1. The van der Waals surface area contributed by atoms with E-state index in [-0.39, 0.29) is 101 Å². The number of rotatable bonds is 10. The van der Waals surface area contributed by atoms with Crippen molar-refractivity contribution in [3.8, 4) is 11.3 Å². The summed E-state index contributed by atoms with van der Waals surface area (Å²) in [4.78, 5) is 50.1. The number of aliphatic hydroxyl groups excluding tert-OH is 2. The van der Waals surface area contributed by atoms with Crippen molar-refractivity contribution in [2.75, 3.05) is 12.3 Å². The molecule has 4 heterocycles. The van der Waals surface area contributed by atoms with Crippen molar-refractivity contribution in [2.45, 2.75) is 31.0 Å². The first-order valence-corrected chi connectivity index (χ1v) is 14.5. The van der Waals surface area contributed by atoms with Gasteiger partial charge in [-0.3, -0.25) is 13.7 Å². The fourth-order valence-electron chi connectivity index (χ4n) is 3.67. The van der Waals surface area contributed by atoms with Crippen molar-refractivity contribution in [3.63, 3.8) is 0 Å². The maximum atomic E-state index is 11.8. The fraction of sp³-hybridized carbons (Fsp3) is 0.375. The molecule has 1 fully saturated rings. The molecule has 18 nitrogen and oxygen atoms in total. The largest absolute Gasteiger partial charge is 1.00 e. The third kappa shape index (κ3) is 9.74. The fourth-order valence-corrected chi connectivity index (χ4v) is 6.56. The summed E-state index contributed by atoms with van der Waals surface area (Å²) in [5.74, 6) is 0.597. The van der Waals surface area contributed by atoms with Crippen molar-refractivity contribution in [1.82, 2.24) is 14.5 Å². The van der Waals surface area contributed by atoms with Gasteiger partial charge in [0.15, 0.2) is 0 Å². The summed E-state index contributed by atoms with van der Waals surface area (Å²) in [5.41, 5.74) is 6.88. The molecule has 0 bridgehead atoms. The first-order valence-electron chi connectivity index (χ1n) is 10.0. The molecule has 3 aromatic heterocycles. The molecule has 1 aliphatic rings. The molecular weight excluding hydrogens is 634 g/mol. The number of anilines is 1. The van der Waals surface area contributed by atoms with Crippen LogP contribution in [0.1, 0.15) is 0 Å². The van der Waals surface area contributed by atoms with Crippen LogP contribution in [-0.2, 0) is 38.1 Å². The van der Waals surface area contributed by atoms with Gasteiger partial charge in [0.2, 0.25) is 0 Å². The van der Waals surface area contributed by atoms with Crippen LogP contribution in [0.4, 0.5) is 5.82 Å². The topological polar surface area (TPSA) is 288 Å². The van der Waals surface area contributed by atoms with Gasteiger partial charge in [-0.15, -0.1) is 0 Å². The molecule has 4 unspecified atom stereocenters. The molecule has 0 saturated carbocycles. The molecule has 0 radical (unpaired) electrons. The average Bonchev–Trinajstić information content (AvgIpc) is 3.46. The molecule has 0 aliphatic carbocycles. The van der Waals surface area contributed by atoms with Crippen LogP contribution in [0.25, 0.3) is 22.4 Å². The number of ether oxygens (including phenoxy) is 1. The molecule has 1 saturated heterocycles. The Morgan fingerprint density at radius 2 is 1.68 bits per heavy atom. The Kier molecular flexibility index (Phi) is 14.9. The zero-order valence-corrected chi connectivity index (χ0v) is 29.9. The molecule has 204 valence electrons. The SMILES string of the molecule is Nc1ncnc2c1c(-c1ccco1)cn2C[C@@H]1O[C@H](COP(=O)([O-])OP(=O)([O-])OP(=O)([O-])O)C(O)[C@@H]1O.[Na+].[Na+].[Na+]. The van der Waals surface area contributed by atoms with Gasteiger partial charge in [-0.2, -0.15) is 0 Å². The van der Waals surface area contributed by atoms with Crippen LogP contribution in [0.2, 0.25) is 0 Å². The number of nitrogen functional groups attached to an aromatic ring is 1. The van der Waals surface area contributed by atoms with Gasteiger partial charge < -0.3 is 53.8 Å². The number of aliphatic hydroxyl groups is 2. The van der Waals surface area contributed by atoms with E-state index >= 15 is 0 Å². The molecule has 0 aromatic carbocycles. The smallest absolute Gasteiger partial charge is 0.756 e. The first-order chi connectivity index (χ1) is 17.2. The molecule has 1 aliphatic heterocycles. The van der Waals surface area contributed by atoms with Crippen LogP contribution in [0.3, 0.4) is 0 Å². The number of phosphoric acid groups is 3. The molecular formula is C16H18N4Na3O14P3. The van der Waals surface area contributed by atoms with E-state index in [9.17, 15) is 38.6 Å². The second kappa shape index (κ2) is 15.3. The van der Waals surface area contributed by atoms with Crippen LogP contribution in [0, 0.1) is 0 Å². The van der Waals surface area contributed by atoms with Gasteiger partial charge in [0.25, 0.3) is 23.5 Å². The molecule has 5 N–H and O–H groups in total. The van der Waals surface area contributed by atoms with E-state index in [1.807, 2.05) is 0 Å². The number of phosphoric ester groups is 1. The van der Waals surface area contributed by atoms with Gasteiger partial charge in [0.05, 0.1) is 24.8 Å². The number of hydrogen-bond acceptors (Lipinski definition) is 16. The Morgan fingerprint density at radius 3 is 2.27 bits per heavy atom. The third-order valence-electron chi connectivity index (χ3n) is 5.11.